The number of carbonyl (C=O) groups is 1. The van der Waals surface area contributed by atoms with Gasteiger partial charge in [-0.05, 0) is 43.2 Å². The molecule has 1 N–H and O–H groups in total. The van der Waals surface area contributed by atoms with Gasteiger partial charge in [0.2, 0.25) is 5.91 Å². The van der Waals surface area contributed by atoms with Gasteiger partial charge in [0.05, 0.1) is 13.3 Å². The summed E-state index contributed by atoms with van der Waals surface area (Å²) in [5.74, 6) is 1.74. The number of nitrogens with one attached hydrogen (secondary N) is 1. The Kier molecular flexibility index (Phi) is 5.51. The lowest BCUT2D eigenvalue weighted by Crippen LogP contribution is -2.31. The zero-order valence-electron chi connectivity index (χ0n) is 18.7. The van der Waals surface area contributed by atoms with Crippen molar-refractivity contribution >= 4 is 5.91 Å². The number of rotatable bonds is 4. The summed E-state index contributed by atoms with van der Waals surface area (Å²) in [7, 11) is 1.62. The van der Waals surface area contributed by atoms with Crippen LogP contribution < -0.4 is 10.1 Å². The van der Waals surface area contributed by atoms with Gasteiger partial charge in [0.15, 0.2) is 0 Å². The van der Waals surface area contributed by atoms with Gasteiger partial charge in [-0.25, -0.2) is 14.3 Å². The summed E-state index contributed by atoms with van der Waals surface area (Å²) in [6, 6.07) is 5.38. The fourth-order valence-corrected chi connectivity index (χ4v) is 4.05. The summed E-state index contributed by atoms with van der Waals surface area (Å²) in [6.07, 6.45) is 5.20. The monoisotopic (exact) mass is 423 g/mol. The summed E-state index contributed by atoms with van der Waals surface area (Å²) in [5, 5.41) is 16.0. The maximum Gasteiger partial charge on any atom is 0.244 e. The highest BCUT2D eigenvalue weighted by Crippen LogP contribution is 2.37. The van der Waals surface area contributed by atoms with E-state index in [2.05, 4.69) is 46.5 Å². The molecule has 0 saturated carbocycles. The number of ether oxygens (including phenoxy) is 1. The standard InChI is InChI=1S/C22H29N7O2/c1-14-24-13-29(26-14)18-7-6-15(10-20(18)31-5)17-12-28(27-25-17)19-11-16(22(2,3)4)8-9-23-21(19)30/h6-7,10,12-13,16,19H,8-9,11H2,1-5H3,(H,23,30). The molecule has 31 heavy (non-hydrogen) atoms. The molecule has 9 nitrogen and oxygen atoms in total. The van der Waals surface area contributed by atoms with Crippen LogP contribution in [-0.2, 0) is 4.79 Å². The number of benzene rings is 1. The van der Waals surface area contributed by atoms with Crippen molar-refractivity contribution in [1.29, 1.82) is 0 Å². The topological polar surface area (TPSA) is 99.8 Å². The summed E-state index contributed by atoms with van der Waals surface area (Å²) < 4.78 is 8.94. The molecule has 164 valence electrons. The molecule has 0 radical (unpaired) electrons. The van der Waals surface area contributed by atoms with E-state index in [9.17, 15) is 4.79 Å². The fraction of sp³-hybridized carbons (Fsp3) is 0.500. The molecule has 1 aromatic carbocycles. The zero-order chi connectivity index (χ0) is 22.2. The molecule has 3 aromatic rings. The molecule has 9 heteroatoms. The van der Waals surface area contributed by atoms with Crippen LogP contribution in [-0.4, -0.2) is 49.3 Å². The van der Waals surface area contributed by atoms with Crippen LogP contribution in [0.15, 0.2) is 30.7 Å². The number of hydrogen-bond acceptors (Lipinski definition) is 6. The van der Waals surface area contributed by atoms with E-state index in [1.165, 1.54) is 0 Å². The number of carbonyl (C=O) groups excluding carboxylic acids is 1. The smallest absolute Gasteiger partial charge is 0.244 e. The Morgan fingerprint density at radius 1 is 1.26 bits per heavy atom. The third-order valence-corrected chi connectivity index (χ3v) is 5.99. The van der Waals surface area contributed by atoms with Crippen molar-refractivity contribution in [2.45, 2.75) is 46.6 Å². The van der Waals surface area contributed by atoms with Crippen molar-refractivity contribution < 1.29 is 9.53 Å². The predicted molar refractivity (Wildman–Crippen MR) is 116 cm³/mol. The van der Waals surface area contributed by atoms with Crippen LogP contribution in [0.5, 0.6) is 5.75 Å². The van der Waals surface area contributed by atoms with E-state index >= 15 is 0 Å². The minimum atomic E-state index is -0.368. The number of amides is 1. The molecule has 1 aliphatic rings. The average Bonchev–Trinajstić information content (AvgIpc) is 3.33. The van der Waals surface area contributed by atoms with Gasteiger partial charge >= 0.3 is 0 Å². The first-order chi connectivity index (χ1) is 14.8. The molecule has 4 rings (SSSR count). The molecule has 2 aromatic heterocycles. The van der Waals surface area contributed by atoms with E-state index in [0.29, 0.717) is 29.7 Å². The highest BCUT2D eigenvalue weighted by molar-refractivity contribution is 5.80. The van der Waals surface area contributed by atoms with Gasteiger partial charge in [-0.3, -0.25) is 4.79 Å². The fourth-order valence-electron chi connectivity index (χ4n) is 4.05. The van der Waals surface area contributed by atoms with E-state index in [1.54, 1.807) is 22.8 Å². The number of aryl methyl sites for hydroxylation is 1. The third-order valence-electron chi connectivity index (χ3n) is 5.99. The van der Waals surface area contributed by atoms with Crippen molar-refractivity contribution in [3.05, 3.63) is 36.5 Å². The second-order valence-electron chi connectivity index (χ2n) is 9.10. The van der Waals surface area contributed by atoms with Crippen molar-refractivity contribution in [1.82, 2.24) is 35.1 Å². The molecule has 0 bridgehead atoms. The van der Waals surface area contributed by atoms with Gasteiger partial charge in [-0.1, -0.05) is 32.1 Å². The lowest BCUT2D eigenvalue weighted by molar-refractivity contribution is -0.124. The highest BCUT2D eigenvalue weighted by Gasteiger charge is 2.34. The third kappa shape index (κ3) is 4.30. The van der Waals surface area contributed by atoms with E-state index in [0.717, 1.165) is 24.1 Å². The number of hydrogen-bond donors (Lipinski definition) is 1. The van der Waals surface area contributed by atoms with Gasteiger partial charge < -0.3 is 10.1 Å². The Morgan fingerprint density at radius 3 is 2.74 bits per heavy atom. The summed E-state index contributed by atoms with van der Waals surface area (Å²) in [6.45, 7) is 9.20. The largest absolute Gasteiger partial charge is 0.494 e. The van der Waals surface area contributed by atoms with E-state index < -0.39 is 0 Å². The van der Waals surface area contributed by atoms with E-state index in [1.807, 2.05) is 31.3 Å². The van der Waals surface area contributed by atoms with Gasteiger partial charge in [-0.2, -0.15) is 5.10 Å². The Morgan fingerprint density at radius 2 is 2.06 bits per heavy atom. The van der Waals surface area contributed by atoms with Crippen LogP contribution in [0.4, 0.5) is 0 Å². The lowest BCUT2D eigenvalue weighted by atomic mass is 9.76. The number of nitrogens with zero attached hydrogens (tertiary/aromatic N) is 6. The zero-order valence-corrected chi connectivity index (χ0v) is 18.7. The Bertz CT molecular complexity index is 1080. The summed E-state index contributed by atoms with van der Waals surface area (Å²) >= 11 is 0. The molecule has 1 fully saturated rings. The van der Waals surface area contributed by atoms with Gasteiger partial charge in [0, 0.05) is 12.1 Å². The van der Waals surface area contributed by atoms with Crippen molar-refractivity contribution in [2.75, 3.05) is 13.7 Å². The minimum Gasteiger partial charge on any atom is -0.494 e. The van der Waals surface area contributed by atoms with Crippen LogP contribution in [0.1, 0.15) is 45.5 Å². The van der Waals surface area contributed by atoms with Crippen LogP contribution in [0.2, 0.25) is 0 Å². The van der Waals surface area contributed by atoms with Crippen LogP contribution in [0.25, 0.3) is 16.9 Å². The molecule has 1 aliphatic heterocycles. The van der Waals surface area contributed by atoms with Crippen LogP contribution >= 0.6 is 0 Å². The van der Waals surface area contributed by atoms with E-state index in [4.69, 9.17) is 4.74 Å². The van der Waals surface area contributed by atoms with Gasteiger partial charge in [0.1, 0.15) is 35.3 Å². The first-order valence-electron chi connectivity index (χ1n) is 10.5. The van der Waals surface area contributed by atoms with Crippen LogP contribution in [0.3, 0.4) is 0 Å². The maximum atomic E-state index is 12.7. The molecule has 2 unspecified atom stereocenters. The lowest BCUT2D eigenvalue weighted by Gasteiger charge is -2.30. The molecule has 0 aliphatic carbocycles. The summed E-state index contributed by atoms with van der Waals surface area (Å²) in [5.41, 5.74) is 2.45. The number of aromatic nitrogens is 6. The van der Waals surface area contributed by atoms with Crippen LogP contribution in [0, 0.1) is 18.3 Å². The summed E-state index contributed by atoms with van der Waals surface area (Å²) in [4.78, 5) is 16.9. The quantitative estimate of drug-likeness (QED) is 0.693. The normalized spacial score (nSPS) is 19.7. The van der Waals surface area contributed by atoms with Crippen molar-refractivity contribution in [3.63, 3.8) is 0 Å². The Hall–Kier alpha value is -3.23. The predicted octanol–water partition coefficient (Wildman–Crippen LogP) is 2.96. The second kappa shape index (κ2) is 8.13. The number of methoxy groups -OCH3 is 1. The average molecular weight is 424 g/mol. The molecule has 3 heterocycles. The molecule has 1 amide bonds. The first kappa shape index (κ1) is 21.0. The molecule has 0 spiro atoms. The molecular formula is C22H29N7O2. The Labute approximate surface area is 181 Å². The Balaban J connectivity index is 1.63. The van der Waals surface area contributed by atoms with Gasteiger partial charge in [0.25, 0.3) is 0 Å². The van der Waals surface area contributed by atoms with Crippen molar-refractivity contribution in [3.8, 4) is 22.7 Å². The maximum absolute atomic E-state index is 12.7. The molecule has 2 atom stereocenters. The van der Waals surface area contributed by atoms with Gasteiger partial charge in [-0.15, -0.1) is 5.10 Å². The minimum absolute atomic E-state index is 0.00215. The van der Waals surface area contributed by atoms with Crippen molar-refractivity contribution in [2.24, 2.45) is 11.3 Å². The second-order valence-corrected chi connectivity index (χ2v) is 9.10. The molecule has 1 saturated heterocycles. The SMILES string of the molecule is COc1cc(-c2cn(C3CC(C(C)(C)C)CCNC3=O)nn2)ccc1-n1cnc(C)n1. The first-order valence-corrected chi connectivity index (χ1v) is 10.5. The highest BCUT2D eigenvalue weighted by atomic mass is 16.5. The molecular weight excluding hydrogens is 394 g/mol. The van der Waals surface area contributed by atoms with E-state index in [-0.39, 0.29) is 17.4 Å².